The highest BCUT2D eigenvalue weighted by molar-refractivity contribution is 9.10. The van der Waals surface area contributed by atoms with E-state index in [1.165, 1.54) is 0 Å². The number of hydrogen-bond donors (Lipinski definition) is 0. The molecule has 1 saturated heterocycles. The van der Waals surface area contributed by atoms with Gasteiger partial charge in [0, 0.05) is 30.3 Å². The molecule has 0 radical (unpaired) electrons. The molecule has 0 aliphatic carbocycles. The summed E-state index contributed by atoms with van der Waals surface area (Å²) in [6.45, 7) is 5.22. The lowest BCUT2D eigenvalue weighted by Gasteiger charge is -2.33. The van der Waals surface area contributed by atoms with Crippen molar-refractivity contribution < 1.29 is 14.3 Å². The van der Waals surface area contributed by atoms with Crippen molar-refractivity contribution in [3.05, 3.63) is 28.2 Å². The third-order valence-electron chi connectivity index (χ3n) is 4.16. The van der Waals surface area contributed by atoms with Crippen molar-refractivity contribution >= 4 is 33.6 Å². The van der Waals surface area contributed by atoms with Crippen molar-refractivity contribution in [3.63, 3.8) is 0 Å². The van der Waals surface area contributed by atoms with Gasteiger partial charge in [-0.1, -0.05) is 15.9 Å². The van der Waals surface area contributed by atoms with Gasteiger partial charge in [-0.3, -0.25) is 4.79 Å². The fraction of sp³-hybridized carbons (Fsp3) is 0.529. The lowest BCUT2D eigenvalue weighted by Crippen LogP contribution is -2.46. The maximum Gasteiger partial charge on any atom is 0.409 e. The first-order valence-corrected chi connectivity index (χ1v) is 8.68. The zero-order valence-electron chi connectivity index (χ0n) is 13.8. The summed E-state index contributed by atoms with van der Waals surface area (Å²) < 4.78 is 6.06. The summed E-state index contributed by atoms with van der Waals surface area (Å²) >= 11 is 3.47. The molecule has 1 aromatic carbocycles. The molecular weight excluding hydrogens is 360 g/mol. The molecule has 1 aliphatic heterocycles. The van der Waals surface area contributed by atoms with Crippen LogP contribution in [0.2, 0.25) is 0 Å². The second kappa shape index (κ2) is 7.81. The molecule has 2 rings (SSSR count). The van der Waals surface area contributed by atoms with Crippen LogP contribution in [0.4, 0.5) is 10.5 Å². The topological polar surface area (TPSA) is 49.9 Å². The van der Waals surface area contributed by atoms with Crippen LogP contribution in [0, 0.1) is 12.8 Å². The van der Waals surface area contributed by atoms with Gasteiger partial charge in [0.1, 0.15) is 0 Å². The quantitative estimate of drug-likeness (QED) is 0.802. The highest BCUT2D eigenvalue weighted by atomic mass is 79.9. The molecule has 0 saturated carbocycles. The molecule has 0 aromatic heterocycles. The third kappa shape index (κ3) is 4.25. The Morgan fingerprint density at radius 1 is 1.43 bits per heavy atom. The minimum atomic E-state index is -0.327. The Morgan fingerprint density at radius 3 is 2.83 bits per heavy atom. The van der Waals surface area contributed by atoms with Gasteiger partial charge in [-0.25, -0.2) is 4.79 Å². The largest absolute Gasteiger partial charge is 0.450 e. The number of aryl methyl sites for hydroxylation is 1. The number of halogens is 1. The molecule has 1 heterocycles. The predicted octanol–water partition coefficient (Wildman–Crippen LogP) is 3.59. The molecule has 23 heavy (non-hydrogen) atoms. The summed E-state index contributed by atoms with van der Waals surface area (Å²) in [4.78, 5) is 27.9. The number of piperidine rings is 1. The third-order valence-corrected chi connectivity index (χ3v) is 5.05. The number of rotatable bonds is 3. The molecule has 2 amide bonds. The van der Waals surface area contributed by atoms with E-state index in [-0.39, 0.29) is 17.9 Å². The first kappa shape index (κ1) is 17.8. The standard InChI is InChI=1S/C17H23BrN2O3/c1-4-23-17(22)20-9-5-6-13(11-20)16(21)19(3)14-7-8-15(18)12(2)10-14/h7-8,10,13H,4-6,9,11H2,1-3H3. The van der Waals surface area contributed by atoms with E-state index in [4.69, 9.17) is 4.74 Å². The van der Waals surface area contributed by atoms with Gasteiger partial charge < -0.3 is 14.5 Å². The number of benzene rings is 1. The lowest BCUT2D eigenvalue weighted by molar-refractivity contribution is -0.123. The van der Waals surface area contributed by atoms with Gasteiger partial charge in [0.25, 0.3) is 0 Å². The summed E-state index contributed by atoms with van der Waals surface area (Å²) in [5.74, 6) is -0.136. The summed E-state index contributed by atoms with van der Waals surface area (Å²) in [7, 11) is 1.79. The molecule has 1 unspecified atom stereocenters. The Kier molecular flexibility index (Phi) is 6.04. The molecule has 1 fully saturated rings. The molecule has 5 nitrogen and oxygen atoms in total. The average Bonchev–Trinajstić information content (AvgIpc) is 2.56. The van der Waals surface area contributed by atoms with E-state index in [1.54, 1.807) is 23.8 Å². The van der Waals surface area contributed by atoms with Crippen molar-refractivity contribution in [1.82, 2.24) is 4.90 Å². The SMILES string of the molecule is CCOC(=O)N1CCCC(C(=O)N(C)c2ccc(Br)c(C)c2)C1. The molecule has 1 aromatic rings. The number of carbonyl (C=O) groups excluding carboxylic acids is 2. The van der Waals surface area contributed by atoms with Crippen LogP contribution in [-0.4, -0.2) is 43.6 Å². The lowest BCUT2D eigenvalue weighted by atomic mass is 9.96. The van der Waals surface area contributed by atoms with E-state index in [2.05, 4.69) is 15.9 Å². The van der Waals surface area contributed by atoms with E-state index >= 15 is 0 Å². The van der Waals surface area contributed by atoms with Gasteiger partial charge in [-0.2, -0.15) is 0 Å². The number of likely N-dealkylation sites (tertiary alicyclic amines) is 1. The van der Waals surface area contributed by atoms with Crippen LogP contribution < -0.4 is 4.90 Å². The van der Waals surface area contributed by atoms with Gasteiger partial charge in [0.2, 0.25) is 5.91 Å². The fourth-order valence-corrected chi connectivity index (χ4v) is 3.04. The number of ether oxygens (including phenoxy) is 1. The molecule has 6 heteroatoms. The van der Waals surface area contributed by atoms with E-state index in [1.807, 2.05) is 25.1 Å². The Morgan fingerprint density at radius 2 is 2.17 bits per heavy atom. The average molecular weight is 383 g/mol. The number of anilines is 1. The van der Waals surface area contributed by atoms with Gasteiger partial charge in [0.05, 0.1) is 12.5 Å². The van der Waals surface area contributed by atoms with Crippen molar-refractivity contribution in [2.24, 2.45) is 5.92 Å². The normalized spacial score (nSPS) is 17.7. The summed E-state index contributed by atoms with van der Waals surface area (Å²) in [6, 6.07) is 5.84. The summed E-state index contributed by atoms with van der Waals surface area (Å²) in [6.07, 6.45) is 1.30. The minimum absolute atomic E-state index is 0.0423. The second-order valence-electron chi connectivity index (χ2n) is 5.81. The van der Waals surface area contributed by atoms with Gasteiger partial charge >= 0.3 is 6.09 Å². The maximum absolute atomic E-state index is 12.8. The zero-order chi connectivity index (χ0) is 17.0. The van der Waals surface area contributed by atoms with E-state index in [0.717, 1.165) is 28.6 Å². The highest BCUT2D eigenvalue weighted by Gasteiger charge is 2.31. The van der Waals surface area contributed by atoms with Crippen LogP contribution in [0.25, 0.3) is 0 Å². The molecule has 0 N–H and O–H groups in total. The molecular formula is C17H23BrN2O3. The van der Waals surface area contributed by atoms with Crippen molar-refractivity contribution in [2.75, 3.05) is 31.6 Å². The van der Waals surface area contributed by atoms with Crippen LogP contribution in [0.3, 0.4) is 0 Å². The zero-order valence-corrected chi connectivity index (χ0v) is 15.4. The van der Waals surface area contributed by atoms with E-state index in [0.29, 0.717) is 19.7 Å². The Labute approximate surface area is 145 Å². The first-order valence-electron chi connectivity index (χ1n) is 7.89. The molecule has 1 aliphatic rings. The monoisotopic (exact) mass is 382 g/mol. The number of nitrogens with zero attached hydrogens (tertiary/aromatic N) is 2. The Balaban J connectivity index is 2.06. The van der Waals surface area contributed by atoms with Crippen LogP contribution in [0.15, 0.2) is 22.7 Å². The van der Waals surface area contributed by atoms with Gasteiger partial charge in [-0.15, -0.1) is 0 Å². The van der Waals surface area contributed by atoms with Crippen molar-refractivity contribution in [3.8, 4) is 0 Å². The predicted molar refractivity (Wildman–Crippen MR) is 93.6 cm³/mol. The van der Waals surface area contributed by atoms with Crippen LogP contribution in [-0.2, 0) is 9.53 Å². The summed E-state index contributed by atoms with van der Waals surface area (Å²) in [5.41, 5.74) is 1.95. The molecule has 126 valence electrons. The molecule has 0 bridgehead atoms. The fourth-order valence-electron chi connectivity index (χ4n) is 2.80. The molecule has 0 spiro atoms. The second-order valence-corrected chi connectivity index (χ2v) is 6.67. The van der Waals surface area contributed by atoms with Crippen molar-refractivity contribution in [1.29, 1.82) is 0 Å². The Bertz CT molecular complexity index is 591. The van der Waals surface area contributed by atoms with E-state index in [9.17, 15) is 9.59 Å². The highest BCUT2D eigenvalue weighted by Crippen LogP contribution is 2.25. The van der Waals surface area contributed by atoms with E-state index < -0.39 is 0 Å². The van der Waals surface area contributed by atoms with Gasteiger partial charge in [0.15, 0.2) is 0 Å². The molecule has 1 atom stereocenters. The maximum atomic E-state index is 12.8. The minimum Gasteiger partial charge on any atom is -0.450 e. The number of carbonyl (C=O) groups is 2. The van der Waals surface area contributed by atoms with Crippen LogP contribution in [0.1, 0.15) is 25.3 Å². The van der Waals surface area contributed by atoms with Crippen LogP contribution >= 0.6 is 15.9 Å². The Hall–Kier alpha value is -1.56. The smallest absolute Gasteiger partial charge is 0.409 e. The number of amides is 2. The number of hydrogen-bond acceptors (Lipinski definition) is 3. The first-order chi connectivity index (χ1) is 10.9. The summed E-state index contributed by atoms with van der Waals surface area (Å²) in [5, 5.41) is 0. The van der Waals surface area contributed by atoms with Crippen molar-refractivity contribution in [2.45, 2.75) is 26.7 Å². The van der Waals surface area contributed by atoms with Gasteiger partial charge in [-0.05, 0) is 50.5 Å². The van der Waals surface area contributed by atoms with Crippen LogP contribution in [0.5, 0.6) is 0 Å².